The van der Waals surface area contributed by atoms with Crippen LogP contribution in [0.15, 0.2) is 30.3 Å². The van der Waals surface area contributed by atoms with E-state index in [1.807, 2.05) is 35.2 Å². The number of fused-ring (bicyclic) bond motifs is 1. The van der Waals surface area contributed by atoms with E-state index in [-0.39, 0.29) is 36.4 Å². The number of benzene rings is 1. The van der Waals surface area contributed by atoms with E-state index in [2.05, 4.69) is 10.2 Å². The molecule has 2 aliphatic rings. The molecular formula is C19H27N3O3. The van der Waals surface area contributed by atoms with E-state index in [0.29, 0.717) is 13.1 Å². The summed E-state index contributed by atoms with van der Waals surface area (Å²) in [6.07, 6.45) is 2.72. The number of amides is 2. The zero-order valence-corrected chi connectivity index (χ0v) is 14.8. The second kappa shape index (κ2) is 7.54. The van der Waals surface area contributed by atoms with Crippen LogP contribution >= 0.6 is 0 Å². The third-order valence-electron chi connectivity index (χ3n) is 5.71. The fourth-order valence-corrected chi connectivity index (χ4v) is 4.25. The van der Waals surface area contributed by atoms with Crippen LogP contribution in [0.25, 0.3) is 0 Å². The van der Waals surface area contributed by atoms with Gasteiger partial charge in [0.15, 0.2) is 0 Å². The van der Waals surface area contributed by atoms with Crippen molar-refractivity contribution in [1.82, 2.24) is 9.80 Å². The van der Waals surface area contributed by atoms with Crippen LogP contribution in [-0.2, 0) is 9.59 Å². The monoisotopic (exact) mass is 345 g/mol. The van der Waals surface area contributed by atoms with Gasteiger partial charge in [-0.2, -0.15) is 0 Å². The van der Waals surface area contributed by atoms with Gasteiger partial charge in [0.05, 0.1) is 13.2 Å². The highest BCUT2D eigenvalue weighted by molar-refractivity contribution is 5.92. The predicted molar refractivity (Wildman–Crippen MR) is 96.1 cm³/mol. The topological polar surface area (TPSA) is 72.9 Å². The van der Waals surface area contributed by atoms with Gasteiger partial charge in [0.2, 0.25) is 11.8 Å². The van der Waals surface area contributed by atoms with Gasteiger partial charge >= 0.3 is 0 Å². The van der Waals surface area contributed by atoms with Crippen molar-refractivity contribution in [2.75, 3.05) is 38.1 Å². The van der Waals surface area contributed by atoms with Crippen molar-refractivity contribution in [3.05, 3.63) is 30.3 Å². The third-order valence-corrected chi connectivity index (χ3v) is 5.71. The van der Waals surface area contributed by atoms with E-state index < -0.39 is 0 Å². The smallest absolute Gasteiger partial charge is 0.238 e. The molecule has 1 aromatic carbocycles. The molecule has 136 valence electrons. The predicted octanol–water partition coefficient (Wildman–Crippen LogP) is 1.32. The van der Waals surface area contributed by atoms with Gasteiger partial charge < -0.3 is 15.3 Å². The molecule has 2 amide bonds. The number of carbonyl (C=O) groups excluding carboxylic acids is 2. The Morgan fingerprint density at radius 2 is 2.00 bits per heavy atom. The molecule has 0 aliphatic carbocycles. The molecule has 6 nitrogen and oxygen atoms in total. The number of likely N-dealkylation sites (tertiary alicyclic amines) is 2. The molecule has 2 atom stereocenters. The molecule has 2 aliphatic heterocycles. The molecule has 0 aromatic heterocycles. The Morgan fingerprint density at radius 1 is 1.24 bits per heavy atom. The first-order valence-electron chi connectivity index (χ1n) is 8.99. The van der Waals surface area contributed by atoms with Crippen molar-refractivity contribution >= 4 is 17.5 Å². The van der Waals surface area contributed by atoms with E-state index in [1.165, 1.54) is 0 Å². The van der Waals surface area contributed by atoms with Crippen molar-refractivity contribution in [3.63, 3.8) is 0 Å². The highest BCUT2D eigenvalue weighted by Gasteiger charge is 2.48. The van der Waals surface area contributed by atoms with Crippen LogP contribution in [0.4, 0.5) is 5.69 Å². The molecule has 3 rings (SSSR count). The number of anilines is 1. The summed E-state index contributed by atoms with van der Waals surface area (Å²) in [5.74, 6) is 0.00527. The van der Waals surface area contributed by atoms with Gasteiger partial charge in [0.25, 0.3) is 0 Å². The first kappa shape index (κ1) is 17.9. The molecule has 0 spiro atoms. The van der Waals surface area contributed by atoms with Crippen molar-refractivity contribution in [2.24, 2.45) is 5.41 Å². The van der Waals surface area contributed by atoms with E-state index in [4.69, 9.17) is 0 Å². The van der Waals surface area contributed by atoms with Gasteiger partial charge in [-0.25, -0.2) is 0 Å². The quantitative estimate of drug-likeness (QED) is 0.863. The van der Waals surface area contributed by atoms with Crippen LogP contribution in [0.3, 0.4) is 0 Å². The minimum absolute atomic E-state index is 0.0328. The lowest BCUT2D eigenvalue weighted by molar-refractivity contribution is -0.139. The number of hydrogen-bond donors (Lipinski definition) is 2. The van der Waals surface area contributed by atoms with E-state index in [0.717, 1.165) is 31.5 Å². The number of hydrogen-bond acceptors (Lipinski definition) is 4. The maximum Gasteiger partial charge on any atom is 0.238 e. The van der Waals surface area contributed by atoms with Crippen molar-refractivity contribution in [1.29, 1.82) is 0 Å². The van der Waals surface area contributed by atoms with Crippen molar-refractivity contribution in [3.8, 4) is 0 Å². The summed E-state index contributed by atoms with van der Waals surface area (Å²) < 4.78 is 0. The number of nitrogens with zero attached hydrogens (tertiary/aromatic N) is 2. The normalized spacial score (nSPS) is 26.8. The average molecular weight is 345 g/mol. The van der Waals surface area contributed by atoms with Gasteiger partial charge in [-0.15, -0.1) is 0 Å². The van der Waals surface area contributed by atoms with Crippen LogP contribution in [0, 0.1) is 5.41 Å². The van der Waals surface area contributed by atoms with E-state index >= 15 is 0 Å². The number of para-hydroxylation sites is 1. The van der Waals surface area contributed by atoms with Gasteiger partial charge in [-0.1, -0.05) is 18.2 Å². The number of aliphatic hydroxyl groups excluding tert-OH is 1. The summed E-state index contributed by atoms with van der Waals surface area (Å²) in [7, 11) is 0. The Labute approximate surface area is 148 Å². The molecule has 2 fully saturated rings. The fraction of sp³-hybridized carbons (Fsp3) is 0.579. The first-order valence-corrected chi connectivity index (χ1v) is 8.99. The number of nitrogens with one attached hydrogen (secondary N) is 1. The van der Waals surface area contributed by atoms with Crippen LogP contribution in [-0.4, -0.2) is 65.5 Å². The fourth-order valence-electron chi connectivity index (χ4n) is 4.25. The Balaban J connectivity index is 1.70. The summed E-state index contributed by atoms with van der Waals surface area (Å²) in [5, 5.41) is 13.0. The second-order valence-electron chi connectivity index (χ2n) is 7.24. The minimum atomic E-state index is -0.197. The maximum atomic E-state index is 12.5. The molecule has 2 N–H and O–H groups in total. The molecule has 25 heavy (non-hydrogen) atoms. The van der Waals surface area contributed by atoms with Gasteiger partial charge in [-0.05, 0) is 37.9 Å². The molecule has 6 heteroatoms. The zero-order valence-electron chi connectivity index (χ0n) is 14.8. The lowest BCUT2D eigenvalue weighted by atomic mass is 9.69. The standard InChI is InChI=1S/C19H27N3O3/c1-15(24)21-11-9-19(14-23)8-5-10-22(17(19)12-21)13-18(25)20-16-6-3-2-4-7-16/h2-4,6-7,17,23H,5,8-14H2,1H3,(H,20,25)/t17-,19-/m1/s1. The largest absolute Gasteiger partial charge is 0.396 e. The molecular weight excluding hydrogens is 318 g/mol. The number of carbonyl (C=O) groups is 2. The van der Waals surface area contributed by atoms with E-state index in [9.17, 15) is 14.7 Å². The summed E-state index contributed by atoms with van der Waals surface area (Å²) >= 11 is 0. The minimum Gasteiger partial charge on any atom is -0.396 e. The first-order chi connectivity index (χ1) is 12.0. The summed E-state index contributed by atoms with van der Waals surface area (Å²) in [6, 6.07) is 9.45. The van der Waals surface area contributed by atoms with Crippen molar-refractivity contribution < 1.29 is 14.7 Å². The summed E-state index contributed by atoms with van der Waals surface area (Å²) in [4.78, 5) is 28.3. The number of aliphatic hydroxyl groups is 1. The Kier molecular flexibility index (Phi) is 5.39. The lowest BCUT2D eigenvalue weighted by Crippen LogP contribution is -2.64. The van der Waals surface area contributed by atoms with Crippen LogP contribution in [0.1, 0.15) is 26.2 Å². The Hall–Kier alpha value is -1.92. The number of piperidine rings is 2. The Bertz CT molecular complexity index is 622. The van der Waals surface area contributed by atoms with E-state index in [1.54, 1.807) is 6.92 Å². The molecule has 1 aromatic rings. The molecule has 2 saturated heterocycles. The molecule has 2 heterocycles. The SMILES string of the molecule is CC(=O)N1CC[C@@]2(CO)CCCN(CC(=O)Nc3ccccc3)[C@@H]2C1. The lowest BCUT2D eigenvalue weighted by Gasteiger charge is -2.54. The van der Waals surface area contributed by atoms with Crippen LogP contribution in [0.2, 0.25) is 0 Å². The zero-order chi connectivity index (χ0) is 17.9. The summed E-state index contributed by atoms with van der Waals surface area (Å²) in [6.45, 7) is 4.08. The second-order valence-corrected chi connectivity index (χ2v) is 7.24. The average Bonchev–Trinajstić information content (AvgIpc) is 2.62. The third kappa shape index (κ3) is 3.85. The van der Waals surface area contributed by atoms with Crippen LogP contribution < -0.4 is 5.32 Å². The molecule has 0 unspecified atom stereocenters. The van der Waals surface area contributed by atoms with Gasteiger partial charge in [-0.3, -0.25) is 14.5 Å². The van der Waals surface area contributed by atoms with Gasteiger partial charge in [0.1, 0.15) is 0 Å². The maximum absolute atomic E-state index is 12.5. The summed E-state index contributed by atoms with van der Waals surface area (Å²) in [5.41, 5.74) is 0.587. The highest BCUT2D eigenvalue weighted by atomic mass is 16.3. The highest BCUT2D eigenvalue weighted by Crippen LogP contribution is 2.42. The van der Waals surface area contributed by atoms with Gasteiger partial charge in [0, 0.05) is 37.2 Å². The Morgan fingerprint density at radius 3 is 2.68 bits per heavy atom. The number of rotatable bonds is 4. The molecule has 0 bridgehead atoms. The molecule has 0 radical (unpaired) electrons. The molecule has 0 saturated carbocycles. The van der Waals surface area contributed by atoms with Crippen molar-refractivity contribution in [2.45, 2.75) is 32.2 Å². The van der Waals surface area contributed by atoms with Crippen LogP contribution in [0.5, 0.6) is 0 Å².